The minimum absolute atomic E-state index is 0.113. The van der Waals surface area contributed by atoms with Crippen molar-refractivity contribution in [1.82, 2.24) is 4.31 Å². The Morgan fingerprint density at radius 3 is 2.03 bits per heavy atom. The van der Waals surface area contributed by atoms with Crippen LogP contribution in [-0.4, -0.2) is 58.0 Å². The smallest absolute Gasteiger partial charge is 0.243 e. The molecular weight excluding hydrogens is 486 g/mol. The Morgan fingerprint density at radius 2 is 1.43 bits per heavy atom. The molecule has 2 heterocycles. The number of morpholine rings is 1. The van der Waals surface area contributed by atoms with Crippen LogP contribution in [-0.2, 0) is 19.6 Å². The van der Waals surface area contributed by atoms with E-state index in [0.29, 0.717) is 32.0 Å². The Morgan fingerprint density at radius 1 is 0.838 bits per heavy atom. The second kappa shape index (κ2) is 11.5. The van der Waals surface area contributed by atoms with Gasteiger partial charge in [-0.3, -0.25) is 4.79 Å². The zero-order valence-corrected chi connectivity index (χ0v) is 21.7. The van der Waals surface area contributed by atoms with Crippen LogP contribution in [0.3, 0.4) is 0 Å². The van der Waals surface area contributed by atoms with Crippen LogP contribution in [0.4, 0.5) is 11.4 Å². The lowest BCUT2D eigenvalue weighted by Gasteiger charge is -2.27. The highest BCUT2D eigenvalue weighted by Crippen LogP contribution is 2.34. The number of ether oxygens (including phenoxy) is 1. The van der Waals surface area contributed by atoms with Crippen molar-refractivity contribution in [3.05, 3.63) is 90.0 Å². The molecular formula is C29H33N3O4S. The number of anilines is 2. The first-order valence-electron chi connectivity index (χ1n) is 12.9. The van der Waals surface area contributed by atoms with Gasteiger partial charge in [-0.25, -0.2) is 8.42 Å². The van der Waals surface area contributed by atoms with E-state index < -0.39 is 10.0 Å². The van der Waals surface area contributed by atoms with E-state index in [-0.39, 0.29) is 23.1 Å². The van der Waals surface area contributed by atoms with Gasteiger partial charge < -0.3 is 15.0 Å². The van der Waals surface area contributed by atoms with Gasteiger partial charge in [0.2, 0.25) is 15.9 Å². The topological polar surface area (TPSA) is 79.0 Å². The molecule has 37 heavy (non-hydrogen) atoms. The van der Waals surface area contributed by atoms with Crippen LogP contribution >= 0.6 is 0 Å². The molecule has 0 bridgehead atoms. The van der Waals surface area contributed by atoms with Gasteiger partial charge in [-0.1, -0.05) is 60.7 Å². The second-order valence-corrected chi connectivity index (χ2v) is 11.5. The molecule has 8 heteroatoms. The van der Waals surface area contributed by atoms with E-state index in [4.69, 9.17) is 4.74 Å². The fourth-order valence-corrected chi connectivity index (χ4v) is 6.57. The SMILES string of the molecule is O=C(CC(c1ccccc1)c1ccccc1)Nc1cc(S(=O)(=O)N2CCOCC2)ccc1N1CCCC1. The van der Waals surface area contributed by atoms with Crippen molar-refractivity contribution in [2.45, 2.75) is 30.1 Å². The minimum atomic E-state index is -3.69. The van der Waals surface area contributed by atoms with Gasteiger partial charge in [0, 0.05) is 38.5 Å². The number of carbonyl (C=O) groups excluding carboxylic acids is 1. The predicted molar refractivity (Wildman–Crippen MR) is 145 cm³/mol. The number of carbonyl (C=O) groups is 1. The van der Waals surface area contributed by atoms with E-state index in [9.17, 15) is 13.2 Å². The van der Waals surface area contributed by atoms with Gasteiger partial charge in [-0.2, -0.15) is 4.31 Å². The lowest BCUT2D eigenvalue weighted by Crippen LogP contribution is -2.40. The largest absolute Gasteiger partial charge is 0.379 e. The monoisotopic (exact) mass is 519 g/mol. The van der Waals surface area contributed by atoms with Crippen molar-refractivity contribution in [2.75, 3.05) is 49.6 Å². The van der Waals surface area contributed by atoms with Gasteiger partial charge in [0.1, 0.15) is 0 Å². The van der Waals surface area contributed by atoms with E-state index in [1.807, 2.05) is 66.7 Å². The molecule has 0 spiro atoms. The van der Waals surface area contributed by atoms with Crippen LogP contribution in [0.1, 0.15) is 36.3 Å². The summed E-state index contributed by atoms with van der Waals surface area (Å²) in [5.41, 5.74) is 3.53. The summed E-state index contributed by atoms with van der Waals surface area (Å²) < 4.78 is 33.5. The molecule has 194 valence electrons. The molecule has 0 saturated carbocycles. The third kappa shape index (κ3) is 5.87. The average molecular weight is 520 g/mol. The molecule has 2 aliphatic rings. The molecule has 2 saturated heterocycles. The lowest BCUT2D eigenvalue weighted by atomic mass is 9.88. The van der Waals surface area contributed by atoms with Crippen molar-refractivity contribution in [3.63, 3.8) is 0 Å². The number of sulfonamides is 1. The summed E-state index contributed by atoms with van der Waals surface area (Å²) >= 11 is 0. The van der Waals surface area contributed by atoms with Crippen molar-refractivity contribution in [2.24, 2.45) is 0 Å². The number of hydrogen-bond donors (Lipinski definition) is 1. The van der Waals surface area contributed by atoms with Crippen LogP contribution in [0, 0.1) is 0 Å². The lowest BCUT2D eigenvalue weighted by molar-refractivity contribution is -0.116. The Bertz CT molecular complexity index is 1260. The molecule has 0 aromatic heterocycles. The first kappa shape index (κ1) is 25.4. The third-order valence-electron chi connectivity index (χ3n) is 7.09. The summed E-state index contributed by atoms with van der Waals surface area (Å²) in [6.45, 7) is 3.19. The number of amides is 1. The van der Waals surface area contributed by atoms with Crippen LogP contribution in [0.25, 0.3) is 0 Å². The van der Waals surface area contributed by atoms with E-state index in [0.717, 1.165) is 42.7 Å². The van der Waals surface area contributed by atoms with E-state index in [1.54, 1.807) is 12.1 Å². The number of rotatable bonds is 8. The maximum Gasteiger partial charge on any atom is 0.243 e. The highest BCUT2D eigenvalue weighted by molar-refractivity contribution is 7.89. The summed E-state index contributed by atoms with van der Waals surface area (Å²) in [5, 5.41) is 3.08. The molecule has 5 rings (SSSR count). The number of hydrogen-bond acceptors (Lipinski definition) is 5. The van der Waals surface area contributed by atoms with E-state index in [1.165, 1.54) is 4.31 Å². The molecule has 3 aromatic rings. The van der Waals surface area contributed by atoms with Gasteiger partial charge in [0.05, 0.1) is 29.5 Å². The summed E-state index contributed by atoms with van der Waals surface area (Å²) in [6, 6.07) is 25.1. The molecule has 3 aromatic carbocycles. The maximum atomic E-state index is 13.5. The molecule has 1 amide bonds. The number of benzene rings is 3. The van der Waals surface area contributed by atoms with Gasteiger partial charge in [0.25, 0.3) is 0 Å². The zero-order valence-electron chi connectivity index (χ0n) is 20.9. The minimum Gasteiger partial charge on any atom is -0.379 e. The highest BCUT2D eigenvalue weighted by Gasteiger charge is 2.28. The standard InChI is InChI=1S/C29H33N3O4S/c33-29(22-26(23-9-3-1-4-10-23)24-11-5-2-6-12-24)30-27-21-25(13-14-28(27)31-15-7-8-16-31)37(34,35)32-17-19-36-20-18-32/h1-6,9-14,21,26H,7-8,15-20,22H2,(H,30,33). The highest BCUT2D eigenvalue weighted by atomic mass is 32.2. The number of nitrogens with zero attached hydrogens (tertiary/aromatic N) is 2. The molecule has 7 nitrogen and oxygen atoms in total. The van der Waals surface area contributed by atoms with Crippen molar-refractivity contribution in [3.8, 4) is 0 Å². The van der Waals surface area contributed by atoms with Crippen molar-refractivity contribution >= 4 is 27.3 Å². The molecule has 1 N–H and O–H groups in total. The van der Waals surface area contributed by atoms with Gasteiger partial charge in [-0.15, -0.1) is 0 Å². The third-order valence-corrected chi connectivity index (χ3v) is 8.98. The molecule has 2 fully saturated rings. The van der Waals surface area contributed by atoms with Gasteiger partial charge in [-0.05, 0) is 42.2 Å². The molecule has 0 unspecified atom stereocenters. The van der Waals surface area contributed by atoms with Crippen molar-refractivity contribution in [1.29, 1.82) is 0 Å². The Labute approximate surface area is 219 Å². The molecule has 2 aliphatic heterocycles. The Hall–Kier alpha value is -3.20. The van der Waals surface area contributed by atoms with Crippen LogP contribution < -0.4 is 10.2 Å². The molecule has 0 radical (unpaired) electrons. The Balaban J connectivity index is 1.44. The fourth-order valence-electron chi connectivity index (χ4n) is 5.13. The summed E-state index contributed by atoms with van der Waals surface area (Å²) in [7, 11) is -3.69. The van der Waals surface area contributed by atoms with Gasteiger partial charge in [0.15, 0.2) is 0 Å². The van der Waals surface area contributed by atoms with E-state index in [2.05, 4.69) is 10.2 Å². The zero-order chi connectivity index (χ0) is 25.7. The summed E-state index contributed by atoms with van der Waals surface area (Å²) in [4.78, 5) is 15.9. The predicted octanol–water partition coefficient (Wildman–Crippen LogP) is 4.47. The quantitative estimate of drug-likeness (QED) is 0.475. The Kier molecular flexibility index (Phi) is 7.88. The second-order valence-electron chi connectivity index (χ2n) is 9.52. The van der Waals surface area contributed by atoms with Crippen LogP contribution in [0.2, 0.25) is 0 Å². The van der Waals surface area contributed by atoms with Gasteiger partial charge >= 0.3 is 0 Å². The van der Waals surface area contributed by atoms with Crippen molar-refractivity contribution < 1.29 is 17.9 Å². The fraction of sp³-hybridized carbons (Fsp3) is 0.345. The van der Waals surface area contributed by atoms with Crippen LogP contribution in [0.15, 0.2) is 83.8 Å². The van der Waals surface area contributed by atoms with E-state index >= 15 is 0 Å². The first-order valence-corrected chi connectivity index (χ1v) is 14.3. The molecule has 0 aliphatic carbocycles. The normalized spacial score (nSPS) is 16.7. The average Bonchev–Trinajstić information content (AvgIpc) is 3.48. The summed E-state index contributed by atoms with van der Waals surface area (Å²) in [6.07, 6.45) is 2.39. The van der Waals surface area contributed by atoms with Crippen LogP contribution in [0.5, 0.6) is 0 Å². The number of nitrogens with one attached hydrogen (secondary N) is 1. The maximum absolute atomic E-state index is 13.5. The molecule has 0 atom stereocenters. The summed E-state index contributed by atoms with van der Waals surface area (Å²) in [5.74, 6) is -0.267. The first-order chi connectivity index (χ1) is 18.0.